The highest BCUT2D eigenvalue weighted by atomic mass is 31.2. The first kappa shape index (κ1) is 16.8. The summed E-state index contributed by atoms with van der Waals surface area (Å²) in [7, 11) is -3.36. The summed E-state index contributed by atoms with van der Waals surface area (Å²) in [5.74, 6) is -0.578. The lowest BCUT2D eigenvalue weighted by Gasteiger charge is -2.29. The molecule has 6 nitrogen and oxygen atoms in total. The molecule has 17 heavy (non-hydrogen) atoms. The average molecular weight is 284 g/mol. The molecule has 0 fully saturated rings. The van der Waals surface area contributed by atoms with Crippen molar-refractivity contribution in [2.24, 2.45) is 0 Å². The number of carbonyl (C=O) groups excluding carboxylic acids is 1. The van der Waals surface area contributed by atoms with Crippen LogP contribution in [0.1, 0.15) is 13.8 Å². The van der Waals surface area contributed by atoms with E-state index in [9.17, 15) is 9.36 Å². The molecule has 0 aliphatic rings. The third-order valence-corrected chi connectivity index (χ3v) is 4.05. The van der Waals surface area contributed by atoms with E-state index in [1.54, 1.807) is 0 Å². The van der Waals surface area contributed by atoms with Crippen LogP contribution in [0.5, 0.6) is 0 Å². The SMILES string of the molecule is COP(=O)(OC)OC(C)(C)C(=O)O[Si](C)(C)C. The molecule has 0 N–H and O–H groups in total. The minimum absolute atomic E-state index is 0.578. The van der Waals surface area contributed by atoms with Crippen LogP contribution in [-0.4, -0.2) is 34.1 Å². The monoisotopic (exact) mass is 284 g/mol. The minimum Gasteiger partial charge on any atom is -0.518 e. The zero-order valence-corrected chi connectivity index (χ0v) is 13.3. The summed E-state index contributed by atoms with van der Waals surface area (Å²) < 4.78 is 31.4. The van der Waals surface area contributed by atoms with Gasteiger partial charge in [0.05, 0.1) is 0 Å². The van der Waals surface area contributed by atoms with Gasteiger partial charge in [0.1, 0.15) is 0 Å². The van der Waals surface area contributed by atoms with E-state index in [4.69, 9.17) is 8.95 Å². The van der Waals surface area contributed by atoms with Crippen LogP contribution in [-0.2, 0) is 27.4 Å². The first-order valence-corrected chi connectivity index (χ1v) is 9.98. The predicted molar refractivity (Wildman–Crippen MR) is 66.2 cm³/mol. The molecule has 0 rings (SSSR count). The molecule has 0 aliphatic heterocycles. The van der Waals surface area contributed by atoms with E-state index in [-0.39, 0.29) is 0 Å². The van der Waals surface area contributed by atoms with Crippen molar-refractivity contribution in [3.05, 3.63) is 0 Å². The molecular weight excluding hydrogens is 263 g/mol. The second kappa shape index (κ2) is 5.62. The summed E-state index contributed by atoms with van der Waals surface area (Å²) in [6, 6.07) is 0. The quantitative estimate of drug-likeness (QED) is 0.551. The molecule has 0 aliphatic carbocycles. The van der Waals surface area contributed by atoms with E-state index in [0.29, 0.717) is 0 Å². The van der Waals surface area contributed by atoms with E-state index in [1.165, 1.54) is 28.1 Å². The van der Waals surface area contributed by atoms with Crippen molar-refractivity contribution in [1.29, 1.82) is 0 Å². The summed E-state index contributed by atoms with van der Waals surface area (Å²) in [5.41, 5.74) is -1.39. The number of carbonyl (C=O) groups is 1. The Morgan fingerprint density at radius 2 is 1.53 bits per heavy atom. The molecule has 0 aromatic heterocycles. The van der Waals surface area contributed by atoms with Gasteiger partial charge in [-0.2, -0.15) is 0 Å². The first-order valence-electron chi connectivity index (χ1n) is 5.11. The summed E-state index contributed by atoms with van der Waals surface area (Å²) in [4.78, 5) is 11.8. The maximum Gasteiger partial charge on any atom is 0.475 e. The van der Waals surface area contributed by atoms with Crippen LogP contribution < -0.4 is 0 Å². The van der Waals surface area contributed by atoms with Crippen molar-refractivity contribution < 1.29 is 27.4 Å². The fraction of sp³-hybridized carbons (Fsp3) is 0.889. The highest BCUT2D eigenvalue weighted by Crippen LogP contribution is 2.51. The normalized spacial score (nSPS) is 13.6. The lowest BCUT2D eigenvalue weighted by molar-refractivity contribution is -0.151. The second-order valence-corrected chi connectivity index (χ2v) is 11.2. The van der Waals surface area contributed by atoms with Gasteiger partial charge in [0.15, 0.2) is 5.60 Å². The van der Waals surface area contributed by atoms with Gasteiger partial charge in [0.2, 0.25) is 8.32 Å². The number of phosphoric acid groups is 1. The fourth-order valence-corrected chi connectivity index (χ4v) is 2.60. The Kier molecular flexibility index (Phi) is 5.56. The van der Waals surface area contributed by atoms with Gasteiger partial charge in [-0.1, -0.05) is 0 Å². The van der Waals surface area contributed by atoms with Crippen LogP contribution in [0.2, 0.25) is 19.6 Å². The van der Waals surface area contributed by atoms with Gasteiger partial charge < -0.3 is 4.43 Å². The van der Waals surface area contributed by atoms with E-state index in [2.05, 4.69) is 9.05 Å². The molecule has 0 radical (unpaired) electrons. The van der Waals surface area contributed by atoms with E-state index in [0.717, 1.165) is 0 Å². The molecule has 0 aromatic carbocycles. The lowest BCUT2D eigenvalue weighted by atomic mass is 10.1. The Balaban J connectivity index is 4.79. The summed E-state index contributed by atoms with van der Waals surface area (Å²) in [5, 5.41) is 0. The molecule has 0 saturated carbocycles. The van der Waals surface area contributed by atoms with Gasteiger partial charge in [-0.15, -0.1) is 0 Å². The highest BCUT2D eigenvalue weighted by Gasteiger charge is 2.41. The van der Waals surface area contributed by atoms with Gasteiger partial charge in [0, 0.05) is 14.2 Å². The third kappa shape index (κ3) is 5.79. The second-order valence-electron chi connectivity index (χ2n) is 4.92. The number of hydrogen-bond donors (Lipinski definition) is 0. The summed E-state index contributed by atoms with van der Waals surface area (Å²) in [6.07, 6.45) is 0. The third-order valence-electron chi connectivity index (χ3n) is 1.68. The molecule has 0 spiro atoms. The molecule has 0 bridgehead atoms. The Morgan fingerprint density at radius 1 is 1.12 bits per heavy atom. The number of rotatable bonds is 6. The Morgan fingerprint density at radius 3 is 1.82 bits per heavy atom. The summed E-state index contributed by atoms with van der Waals surface area (Å²) >= 11 is 0. The molecule has 0 saturated heterocycles. The lowest BCUT2D eigenvalue weighted by Crippen LogP contribution is -2.42. The zero-order chi connectivity index (χ0) is 13.9. The average Bonchev–Trinajstić information content (AvgIpc) is 2.14. The van der Waals surface area contributed by atoms with E-state index in [1.807, 2.05) is 19.6 Å². The van der Waals surface area contributed by atoms with Crippen LogP contribution in [0.4, 0.5) is 0 Å². The van der Waals surface area contributed by atoms with Gasteiger partial charge in [-0.05, 0) is 33.5 Å². The molecule has 0 unspecified atom stereocenters. The van der Waals surface area contributed by atoms with Crippen LogP contribution >= 0.6 is 7.82 Å². The maximum absolute atomic E-state index is 11.8. The fourth-order valence-electron chi connectivity index (χ4n) is 0.867. The molecular formula is C9H21O6PSi. The van der Waals surface area contributed by atoms with Crippen LogP contribution in [0.25, 0.3) is 0 Å². The van der Waals surface area contributed by atoms with E-state index >= 15 is 0 Å². The molecule has 0 heterocycles. The Bertz CT molecular complexity index is 314. The van der Waals surface area contributed by atoms with Crippen LogP contribution in [0.15, 0.2) is 0 Å². The van der Waals surface area contributed by atoms with Crippen molar-refractivity contribution >= 4 is 22.1 Å². The van der Waals surface area contributed by atoms with Crippen LogP contribution in [0.3, 0.4) is 0 Å². The molecule has 0 amide bonds. The smallest absolute Gasteiger partial charge is 0.475 e. The van der Waals surface area contributed by atoms with Crippen molar-refractivity contribution in [1.82, 2.24) is 0 Å². The Labute approximate surface area is 103 Å². The molecule has 0 aromatic rings. The van der Waals surface area contributed by atoms with Crippen LogP contribution in [0, 0.1) is 0 Å². The van der Waals surface area contributed by atoms with Crippen molar-refractivity contribution in [2.75, 3.05) is 14.2 Å². The van der Waals surface area contributed by atoms with Gasteiger partial charge in [0.25, 0.3) is 0 Å². The van der Waals surface area contributed by atoms with Gasteiger partial charge in [-0.25, -0.2) is 4.57 Å². The first-order chi connectivity index (χ1) is 7.46. The minimum atomic E-state index is -3.71. The highest BCUT2D eigenvalue weighted by molar-refractivity contribution is 7.48. The van der Waals surface area contributed by atoms with E-state index < -0.39 is 27.7 Å². The van der Waals surface area contributed by atoms with Gasteiger partial charge >= 0.3 is 13.8 Å². The molecule has 102 valence electrons. The molecule has 0 atom stereocenters. The molecule has 8 heteroatoms. The standard InChI is InChI=1S/C9H21O6PSi/c1-9(2,8(10)14-17(5,6)7)15-16(11,12-3)13-4/h1-7H3. The van der Waals surface area contributed by atoms with Crippen molar-refractivity contribution in [2.45, 2.75) is 39.1 Å². The largest absolute Gasteiger partial charge is 0.518 e. The van der Waals surface area contributed by atoms with Crippen molar-refractivity contribution in [3.8, 4) is 0 Å². The number of hydrogen-bond acceptors (Lipinski definition) is 6. The zero-order valence-electron chi connectivity index (χ0n) is 11.4. The predicted octanol–water partition coefficient (Wildman–Crippen LogP) is 2.56. The number of phosphoric ester groups is 1. The summed E-state index contributed by atoms with van der Waals surface area (Å²) in [6.45, 7) is 8.52. The Hall–Kier alpha value is -0.203. The maximum atomic E-state index is 11.8. The van der Waals surface area contributed by atoms with Gasteiger partial charge in [-0.3, -0.25) is 18.4 Å². The topological polar surface area (TPSA) is 71.1 Å². The van der Waals surface area contributed by atoms with Crippen molar-refractivity contribution in [3.63, 3.8) is 0 Å².